The summed E-state index contributed by atoms with van der Waals surface area (Å²) in [6, 6.07) is 4.91. The summed E-state index contributed by atoms with van der Waals surface area (Å²) in [5, 5.41) is 5.96. The van der Waals surface area contributed by atoms with Gasteiger partial charge < -0.3 is 15.5 Å². The van der Waals surface area contributed by atoms with E-state index in [1.807, 2.05) is 11.8 Å². The van der Waals surface area contributed by atoms with E-state index in [1.165, 1.54) is 0 Å². The van der Waals surface area contributed by atoms with E-state index < -0.39 is 0 Å². The third-order valence-electron chi connectivity index (χ3n) is 5.70. The van der Waals surface area contributed by atoms with Gasteiger partial charge in [-0.15, -0.1) is 0 Å². The molecule has 28 heavy (non-hydrogen) atoms. The number of anilines is 1. The van der Waals surface area contributed by atoms with Gasteiger partial charge in [0.15, 0.2) is 0 Å². The van der Waals surface area contributed by atoms with Crippen molar-refractivity contribution in [3.05, 3.63) is 28.8 Å². The highest BCUT2D eigenvalue weighted by Crippen LogP contribution is 2.29. The van der Waals surface area contributed by atoms with Crippen LogP contribution in [0.2, 0.25) is 5.02 Å². The minimum Gasteiger partial charge on any atom is -0.352 e. The first-order chi connectivity index (χ1) is 13.5. The Morgan fingerprint density at radius 1 is 1.07 bits per heavy atom. The van der Waals surface area contributed by atoms with Crippen molar-refractivity contribution in [1.82, 2.24) is 10.2 Å². The molecule has 7 heteroatoms. The molecule has 0 aromatic heterocycles. The molecule has 0 spiro atoms. The van der Waals surface area contributed by atoms with Crippen LogP contribution in [0.5, 0.6) is 0 Å². The fourth-order valence-electron chi connectivity index (χ4n) is 4.07. The van der Waals surface area contributed by atoms with Crippen molar-refractivity contribution in [2.24, 2.45) is 11.8 Å². The summed E-state index contributed by atoms with van der Waals surface area (Å²) >= 11 is 6.10. The number of hydrogen-bond acceptors (Lipinski definition) is 3. The highest BCUT2D eigenvalue weighted by atomic mass is 35.5. The summed E-state index contributed by atoms with van der Waals surface area (Å²) in [7, 11) is 0. The number of hydrogen-bond donors (Lipinski definition) is 2. The van der Waals surface area contributed by atoms with Crippen LogP contribution in [0.1, 0.15) is 55.8 Å². The highest BCUT2D eigenvalue weighted by molar-refractivity contribution is 6.34. The van der Waals surface area contributed by atoms with Crippen LogP contribution in [0.4, 0.5) is 5.69 Å². The standard InChI is InChI=1S/C21H28ClN3O3/c1-2-23-20(27)17-13-16(7-8-18(17)22)24-19(26)14-9-11-25(12-10-14)21(28)15-5-3-4-6-15/h7-8,13-15H,2-6,9-12H2,1H3,(H,23,27)(H,24,26). The lowest BCUT2D eigenvalue weighted by Crippen LogP contribution is -2.43. The number of carbonyl (C=O) groups is 3. The number of halogens is 1. The topological polar surface area (TPSA) is 78.5 Å². The molecule has 1 saturated carbocycles. The highest BCUT2D eigenvalue weighted by Gasteiger charge is 2.32. The van der Waals surface area contributed by atoms with E-state index in [0.29, 0.717) is 48.7 Å². The van der Waals surface area contributed by atoms with Crippen LogP contribution in [-0.4, -0.2) is 42.3 Å². The van der Waals surface area contributed by atoms with E-state index in [-0.39, 0.29) is 29.6 Å². The van der Waals surface area contributed by atoms with Crippen molar-refractivity contribution in [2.45, 2.75) is 45.4 Å². The average Bonchev–Trinajstić information content (AvgIpc) is 3.24. The Morgan fingerprint density at radius 3 is 2.39 bits per heavy atom. The van der Waals surface area contributed by atoms with Crippen molar-refractivity contribution in [3.63, 3.8) is 0 Å². The molecule has 2 fully saturated rings. The van der Waals surface area contributed by atoms with Crippen molar-refractivity contribution in [3.8, 4) is 0 Å². The van der Waals surface area contributed by atoms with Crippen LogP contribution >= 0.6 is 11.6 Å². The normalized spacial score (nSPS) is 18.1. The van der Waals surface area contributed by atoms with Gasteiger partial charge in [-0.1, -0.05) is 24.4 Å². The molecule has 1 aliphatic carbocycles. The van der Waals surface area contributed by atoms with Gasteiger partial charge >= 0.3 is 0 Å². The van der Waals surface area contributed by atoms with Crippen LogP contribution in [0.25, 0.3) is 0 Å². The zero-order chi connectivity index (χ0) is 20.1. The van der Waals surface area contributed by atoms with Gasteiger partial charge in [-0.05, 0) is 50.8 Å². The number of nitrogens with zero attached hydrogens (tertiary/aromatic N) is 1. The number of likely N-dealkylation sites (tertiary alicyclic amines) is 1. The molecule has 6 nitrogen and oxygen atoms in total. The van der Waals surface area contributed by atoms with Gasteiger partial charge in [-0.3, -0.25) is 14.4 Å². The Bertz CT molecular complexity index is 738. The van der Waals surface area contributed by atoms with Crippen molar-refractivity contribution in [2.75, 3.05) is 25.0 Å². The Hall–Kier alpha value is -2.08. The molecular weight excluding hydrogens is 378 g/mol. The van der Waals surface area contributed by atoms with Gasteiger partial charge in [0.25, 0.3) is 5.91 Å². The SMILES string of the molecule is CCNC(=O)c1cc(NC(=O)C2CCN(C(=O)C3CCCC3)CC2)ccc1Cl. The maximum absolute atomic E-state index is 12.6. The Kier molecular flexibility index (Phi) is 6.94. The lowest BCUT2D eigenvalue weighted by Gasteiger charge is -2.33. The minimum absolute atomic E-state index is 0.0721. The Morgan fingerprint density at radius 2 is 1.75 bits per heavy atom. The molecule has 2 N–H and O–H groups in total. The van der Waals surface area contributed by atoms with Crippen molar-refractivity contribution >= 4 is 35.0 Å². The molecular formula is C21H28ClN3O3. The maximum atomic E-state index is 12.6. The second-order valence-electron chi connectivity index (χ2n) is 7.62. The van der Waals surface area contributed by atoms with Gasteiger partial charge in [0.2, 0.25) is 11.8 Å². The summed E-state index contributed by atoms with van der Waals surface area (Å²) in [6.07, 6.45) is 5.64. The molecule has 1 saturated heterocycles. The summed E-state index contributed by atoms with van der Waals surface area (Å²) in [6.45, 7) is 3.61. The number of piperidine rings is 1. The number of carbonyl (C=O) groups excluding carboxylic acids is 3. The molecule has 0 bridgehead atoms. The van der Waals surface area contributed by atoms with Gasteiger partial charge in [0, 0.05) is 37.2 Å². The molecule has 3 amide bonds. The number of benzene rings is 1. The zero-order valence-electron chi connectivity index (χ0n) is 16.3. The second kappa shape index (κ2) is 9.41. The largest absolute Gasteiger partial charge is 0.352 e. The van der Waals surface area contributed by atoms with Crippen LogP contribution in [0.3, 0.4) is 0 Å². The van der Waals surface area contributed by atoms with Crippen molar-refractivity contribution in [1.29, 1.82) is 0 Å². The average molecular weight is 406 g/mol. The van der Waals surface area contributed by atoms with Crippen LogP contribution in [0, 0.1) is 11.8 Å². The molecule has 0 radical (unpaired) electrons. The zero-order valence-corrected chi connectivity index (χ0v) is 17.1. The monoisotopic (exact) mass is 405 g/mol. The maximum Gasteiger partial charge on any atom is 0.252 e. The fourth-order valence-corrected chi connectivity index (χ4v) is 4.27. The van der Waals surface area contributed by atoms with Gasteiger partial charge in [-0.25, -0.2) is 0 Å². The lowest BCUT2D eigenvalue weighted by molar-refractivity contribution is -0.138. The van der Waals surface area contributed by atoms with E-state index >= 15 is 0 Å². The van der Waals surface area contributed by atoms with E-state index in [2.05, 4.69) is 10.6 Å². The summed E-state index contributed by atoms with van der Waals surface area (Å²) in [4.78, 5) is 39.2. The number of nitrogens with one attached hydrogen (secondary N) is 2. The van der Waals surface area contributed by atoms with E-state index in [1.54, 1.807) is 18.2 Å². The minimum atomic E-state index is -0.262. The molecule has 152 valence electrons. The summed E-state index contributed by atoms with van der Waals surface area (Å²) in [5.74, 6) is -0.0107. The van der Waals surface area contributed by atoms with Gasteiger partial charge in [0.05, 0.1) is 10.6 Å². The first-order valence-corrected chi connectivity index (χ1v) is 10.5. The molecule has 2 aliphatic rings. The predicted octanol–water partition coefficient (Wildman–Crippen LogP) is 3.46. The second-order valence-corrected chi connectivity index (χ2v) is 8.03. The fraction of sp³-hybridized carbons (Fsp3) is 0.571. The number of amides is 3. The van der Waals surface area contributed by atoms with Crippen LogP contribution in [0.15, 0.2) is 18.2 Å². The Balaban J connectivity index is 1.55. The summed E-state index contributed by atoms with van der Waals surface area (Å²) in [5.41, 5.74) is 0.901. The van der Waals surface area contributed by atoms with E-state index in [4.69, 9.17) is 11.6 Å². The molecule has 0 unspecified atom stereocenters. The molecule has 1 aliphatic heterocycles. The van der Waals surface area contributed by atoms with Crippen molar-refractivity contribution < 1.29 is 14.4 Å². The summed E-state index contributed by atoms with van der Waals surface area (Å²) < 4.78 is 0. The van der Waals surface area contributed by atoms with Crippen LogP contribution < -0.4 is 10.6 Å². The third kappa shape index (κ3) is 4.85. The first kappa shape index (κ1) is 20.6. The van der Waals surface area contributed by atoms with Gasteiger partial charge in [0.1, 0.15) is 0 Å². The molecule has 1 aromatic carbocycles. The molecule has 0 atom stereocenters. The quantitative estimate of drug-likeness (QED) is 0.787. The lowest BCUT2D eigenvalue weighted by atomic mass is 9.94. The van der Waals surface area contributed by atoms with E-state index in [9.17, 15) is 14.4 Å². The van der Waals surface area contributed by atoms with E-state index in [0.717, 1.165) is 25.7 Å². The first-order valence-electron chi connectivity index (χ1n) is 10.2. The number of rotatable bonds is 5. The van der Waals surface area contributed by atoms with Crippen LogP contribution in [-0.2, 0) is 9.59 Å². The molecule has 1 aromatic rings. The van der Waals surface area contributed by atoms with Gasteiger partial charge in [-0.2, -0.15) is 0 Å². The Labute approximate surface area is 171 Å². The predicted molar refractivity (Wildman–Crippen MR) is 109 cm³/mol. The smallest absolute Gasteiger partial charge is 0.252 e. The molecule has 3 rings (SSSR count). The molecule has 1 heterocycles. The third-order valence-corrected chi connectivity index (χ3v) is 6.03.